The Kier molecular flexibility index (Phi) is 4.81. The van der Waals surface area contributed by atoms with E-state index in [0.29, 0.717) is 11.7 Å². The lowest BCUT2D eigenvalue weighted by molar-refractivity contribution is 0.0903. The molecule has 4 nitrogen and oxygen atoms in total. The van der Waals surface area contributed by atoms with Crippen LogP contribution in [0.2, 0.25) is 0 Å². The number of thioether (sulfide) groups is 1. The van der Waals surface area contributed by atoms with Crippen molar-refractivity contribution >= 4 is 28.6 Å². The maximum atomic E-state index is 12.3. The largest absolute Gasteiger partial charge is 0.451 e. The average molecular weight is 344 g/mol. The molecule has 2 aromatic rings. The zero-order chi connectivity index (χ0) is 16.4. The van der Waals surface area contributed by atoms with E-state index in [9.17, 15) is 4.79 Å². The highest BCUT2D eigenvalue weighted by atomic mass is 32.2. The number of rotatable bonds is 4. The Morgan fingerprint density at radius 3 is 2.83 bits per heavy atom. The van der Waals surface area contributed by atoms with E-state index in [-0.39, 0.29) is 5.91 Å². The summed E-state index contributed by atoms with van der Waals surface area (Å²) in [4.78, 5) is 15.0. The van der Waals surface area contributed by atoms with Gasteiger partial charge >= 0.3 is 0 Å². The van der Waals surface area contributed by atoms with Gasteiger partial charge in [-0.25, -0.2) is 0 Å². The predicted octanol–water partition coefficient (Wildman–Crippen LogP) is 3.38. The summed E-state index contributed by atoms with van der Waals surface area (Å²) < 4.78 is 5.63. The molecule has 0 saturated carbocycles. The highest BCUT2D eigenvalue weighted by Crippen LogP contribution is 2.26. The number of nitrogens with one attached hydrogen (secondary N) is 1. The van der Waals surface area contributed by atoms with Gasteiger partial charge in [-0.15, -0.1) is 0 Å². The third-order valence-corrected chi connectivity index (χ3v) is 6.42. The van der Waals surface area contributed by atoms with Crippen LogP contribution in [-0.4, -0.2) is 48.0 Å². The minimum absolute atomic E-state index is 0.0965. The average Bonchev–Trinajstić information content (AvgIpc) is 3.29. The van der Waals surface area contributed by atoms with E-state index in [1.807, 2.05) is 30.3 Å². The number of carbonyl (C=O) groups is 1. The number of benzene rings is 1. The molecule has 4 rings (SSSR count). The molecule has 0 aliphatic carbocycles. The number of amides is 1. The van der Waals surface area contributed by atoms with Crippen LogP contribution in [-0.2, 0) is 0 Å². The topological polar surface area (TPSA) is 45.5 Å². The van der Waals surface area contributed by atoms with Crippen molar-refractivity contribution in [2.75, 3.05) is 31.1 Å². The van der Waals surface area contributed by atoms with Crippen LogP contribution in [0.3, 0.4) is 0 Å². The maximum Gasteiger partial charge on any atom is 0.287 e. The molecule has 1 N–H and O–H groups in total. The summed E-state index contributed by atoms with van der Waals surface area (Å²) in [5.74, 6) is 3.52. The molecular weight excluding hydrogens is 320 g/mol. The molecule has 2 aliphatic rings. The molecule has 2 saturated heterocycles. The number of furan rings is 1. The van der Waals surface area contributed by atoms with Crippen molar-refractivity contribution in [2.24, 2.45) is 5.92 Å². The number of carbonyl (C=O) groups excluding carboxylic acids is 1. The maximum absolute atomic E-state index is 12.3. The smallest absolute Gasteiger partial charge is 0.287 e. The van der Waals surface area contributed by atoms with Gasteiger partial charge in [-0.1, -0.05) is 18.2 Å². The number of likely N-dealkylation sites (tertiary alicyclic amines) is 1. The summed E-state index contributed by atoms with van der Waals surface area (Å²) >= 11 is 2.08. The van der Waals surface area contributed by atoms with Gasteiger partial charge in [0.15, 0.2) is 5.76 Å². The van der Waals surface area contributed by atoms with Crippen LogP contribution in [0.25, 0.3) is 11.0 Å². The normalized spacial score (nSPS) is 22.9. The van der Waals surface area contributed by atoms with Crippen LogP contribution in [0.1, 0.15) is 29.8 Å². The first-order valence-electron chi connectivity index (χ1n) is 8.88. The molecule has 0 spiro atoms. The van der Waals surface area contributed by atoms with E-state index in [1.165, 1.54) is 43.9 Å². The second-order valence-electron chi connectivity index (χ2n) is 6.86. The molecular formula is C19H24N2O2S. The molecule has 24 heavy (non-hydrogen) atoms. The lowest BCUT2D eigenvalue weighted by atomic mass is 9.95. The van der Waals surface area contributed by atoms with E-state index in [0.717, 1.165) is 23.6 Å². The molecule has 3 heterocycles. The molecule has 128 valence electrons. The monoisotopic (exact) mass is 344 g/mol. The standard InChI is InChI=1S/C19H24N2O2S/c22-19(18-11-15-3-1-2-4-17(15)23-18)20-12-14-5-8-21(9-6-14)16-7-10-24-13-16/h1-4,11,14,16H,5-10,12-13H2,(H,20,22)/t16-/m1/s1. The van der Waals surface area contributed by atoms with E-state index in [2.05, 4.69) is 22.0 Å². The SMILES string of the molecule is O=C(NCC1CCN([C@@H]2CCSC2)CC1)c1cc2ccccc2o1. The number of nitrogens with zero attached hydrogens (tertiary/aromatic N) is 1. The van der Waals surface area contributed by atoms with Gasteiger partial charge in [0.2, 0.25) is 0 Å². The second-order valence-corrected chi connectivity index (χ2v) is 8.01. The first kappa shape index (κ1) is 16.0. The molecule has 5 heteroatoms. The lowest BCUT2D eigenvalue weighted by Gasteiger charge is -2.35. The van der Waals surface area contributed by atoms with Crippen molar-refractivity contribution in [1.29, 1.82) is 0 Å². The minimum atomic E-state index is -0.0965. The summed E-state index contributed by atoms with van der Waals surface area (Å²) in [5.41, 5.74) is 0.769. The van der Waals surface area contributed by atoms with Crippen molar-refractivity contribution in [3.63, 3.8) is 0 Å². The third-order valence-electron chi connectivity index (χ3n) is 5.27. The fourth-order valence-corrected chi connectivity index (χ4v) is 5.01. The van der Waals surface area contributed by atoms with Crippen molar-refractivity contribution in [3.8, 4) is 0 Å². The molecule has 0 bridgehead atoms. The van der Waals surface area contributed by atoms with Crippen LogP contribution in [0, 0.1) is 5.92 Å². The molecule has 1 aromatic heterocycles. The quantitative estimate of drug-likeness (QED) is 0.923. The van der Waals surface area contributed by atoms with Gasteiger partial charge in [0, 0.05) is 23.7 Å². The fourth-order valence-electron chi connectivity index (χ4n) is 3.75. The van der Waals surface area contributed by atoms with E-state index < -0.39 is 0 Å². The third kappa shape index (κ3) is 3.47. The molecule has 1 amide bonds. The number of piperidine rings is 1. The Bertz CT molecular complexity index is 667. The summed E-state index contributed by atoms with van der Waals surface area (Å²) in [6, 6.07) is 10.3. The van der Waals surface area contributed by atoms with Crippen LogP contribution < -0.4 is 5.32 Å². The van der Waals surface area contributed by atoms with Crippen molar-refractivity contribution in [3.05, 3.63) is 36.1 Å². The summed E-state index contributed by atoms with van der Waals surface area (Å²) in [7, 11) is 0. The molecule has 2 aliphatic heterocycles. The van der Waals surface area contributed by atoms with Crippen molar-refractivity contribution in [2.45, 2.75) is 25.3 Å². The van der Waals surface area contributed by atoms with Crippen LogP contribution in [0.15, 0.2) is 34.7 Å². The highest BCUT2D eigenvalue weighted by molar-refractivity contribution is 7.99. The van der Waals surface area contributed by atoms with Gasteiger partial charge in [-0.2, -0.15) is 11.8 Å². The highest BCUT2D eigenvalue weighted by Gasteiger charge is 2.27. The first-order chi connectivity index (χ1) is 11.8. The Labute approximate surface area is 147 Å². The van der Waals surface area contributed by atoms with E-state index in [4.69, 9.17) is 4.42 Å². The van der Waals surface area contributed by atoms with Crippen LogP contribution in [0.4, 0.5) is 0 Å². The van der Waals surface area contributed by atoms with Gasteiger partial charge in [-0.3, -0.25) is 9.69 Å². The molecule has 1 atom stereocenters. The van der Waals surface area contributed by atoms with Gasteiger partial charge in [-0.05, 0) is 56.2 Å². The Morgan fingerprint density at radius 1 is 1.25 bits per heavy atom. The van der Waals surface area contributed by atoms with Crippen molar-refractivity contribution < 1.29 is 9.21 Å². The zero-order valence-corrected chi connectivity index (χ0v) is 14.7. The number of para-hydroxylation sites is 1. The molecule has 0 unspecified atom stereocenters. The fraction of sp³-hybridized carbons (Fsp3) is 0.526. The predicted molar refractivity (Wildman–Crippen MR) is 98.6 cm³/mol. The minimum Gasteiger partial charge on any atom is -0.451 e. The van der Waals surface area contributed by atoms with Crippen LogP contribution in [0.5, 0.6) is 0 Å². The van der Waals surface area contributed by atoms with Gasteiger partial charge in [0.25, 0.3) is 5.91 Å². The lowest BCUT2D eigenvalue weighted by Crippen LogP contribution is -2.43. The Hall–Kier alpha value is -1.46. The zero-order valence-electron chi connectivity index (χ0n) is 13.9. The van der Waals surface area contributed by atoms with E-state index >= 15 is 0 Å². The summed E-state index contributed by atoms with van der Waals surface area (Å²) in [5, 5.41) is 4.04. The first-order valence-corrected chi connectivity index (χ1v) is 10.0. The van der Waals surface area contributed by atoms with Crippen molar-refractivity contribution in [1.82, 2.24) is 10.2 Å². The molecule has 1 aromatic carbocycles. The number of hydrogen-bond acceptors (Lipinski definition) is 4. The van der Waals surface area contributed by atoms with E-state index in [1.54, 1.807) is 0 Å². The van der Waals surface area contributed by atoms with Gasteiger partial charge < -0.3 is 9.73 Å². The summed E-state index contributed by atoms with van der Waals surface area (Å²) in [6.45, 7) is 3.11. The molecule has 2 fully saturated rings. The van der Waals surface area contributed by atoms with Crippen LogP contribution >= 0.6 is 11.8 Å². The summed E-state index contributed by atoms with van der Waals surface area (Å²) in [6.07, 6.45) is 3.71. The Morgan fingerprint density at radius 2 is 2.08 bits per heavy atom. The number of hydrogen-bond donors (Lipinski definition) is 1. The second kappa shape index (κ2) is 7.19. The van der Waals surface area contributed by atoms with Gasteiger partial charge in [0.1, 0.15) is 5.58 Å². The van der Waals surface area contributed by atoms with Gasteiger partial charge in [0.05, 0.1) is 0 Å². The number of fused-ring (bicyclic) bond motifs is 1. The molecule has 0 radical (unpaired) electrons. The Balaban J connectivity index is 1.27.